The van der Waals surface area contributed by atoms with Gasteiger partial charge in [-0.15, -0.1) is 0 Å². The number of hydrogen-bond donors (Lipinski definition) is 3. The van der Waals surface area contributed by atoms with Crippen molar-refractivity contribution >= 4 is 33.3 Å². The summed E-state index contributed by atoms with van der Waals surface area (Å²) in [6, 6.07) is 7.28. The number of carbonyl (C=O) groups excluding carboxylic acids is 1. The highest BCUT2D eigenvalue weighted by atomic mass is 32.2. The standard InChI is InChI=1S/C17H20N2O6S/c1-3-9-26(23,24)19-12-7-5-11(6-8-12)18-16(20)15-10-13(17(21)22)14(4-2)25-15/h5-8,10,19H,3-4,9H2,1-2H3,(H,18,20)(H,21,22). The summed E-state index contributed by atoms with van der Waals surface area (Å²) in [5.74, 6) is -1.61. The van der Waals surface area contributed by atoms with Crippen LogP contribution in [-0.4, -0.2) is 31.2 Å². The summed E-state index contributed by atoms with van der Waals surface area (Å²) in [6.07, 6.45) is 0.853. The predicted molar refractivity (Wildman–Crippen MR) is 97.1 cm³/mol. The molecule has 1 aromatic carbocycles. The number of carbonyl (C=O) groups is 2. The smallest absolute Gasteiger partial charge is 0.339 e. The number of carboxylic acids is 1. The molecule has 1 heterocycles. The maximum Gasteiger partial charge on any atom is 0.339 e. The average molecular weight is 380 g/mol. The highest BCUT2D eigenvalue weighted by Gasteiger charge is 2.20. The van der Waals surface area contributed by atoms with Crippen LogP contribution >= 0.6 is 0 Å². The van der Waals surface area contributed by atoms with Crippen molar-refractivity contribution < 1.29 is 27.5 Å². The average Bonchev–Trinajstić information content (AvgIpc) is 3.01. The molecule has 9 heteroatoms. The van der Waals surface area contributed by atoms with Crippen LogP contribution < -0.4 is 10.0 Å². The summed E-state index contributed by atoms with van der Waals surface area (Å²) in [6.45, 7) is 3.50. The van der Waals surface area contributed by atoms with Crippen LogP contribution in [0.15, 0.2) is 34.7 Å². The van der Waals surface area contributed by atoms with Gasteiger partial charge in [-0.3, -0.25) is 9.52 Å². The molecule has 140 valence electrons. The molecule has 26 heavy (non-hydrogen) atoms. The molecule has 0 bridgehead atoms. The van der Waals surface area contributed by atoms with E-state index in [4.69, 9.17) is 9.52 Å². The molecule has 2 aromatic rings. The minimum Gasteiger partial charge on any atom is -0.478 e. The number of furan rings is 1. The van der Waals surface area contributed by atoms with Gasteiger partial charge in [-0.2, -0.15) is 0 Å². The van der Waals surface area contributed by atoms with Gasteiger partial charge in [0.25, 0.3) is 5.91 Å². The zero-order valence-electron chi connectivity index (χ0n) is 14.4. The number of nitrogens with one attached hydrogen (secondary N) is 2. The molecule has 2 rings (SSSR count). The molecule has 8 nitrogen and oxygen atoms in total. The Balaban J connectivity index is 2.09. The van der Waals surface area contributed by atoms with Gasteiger partial charge in [0.05, 0.1) is 5.75 Å². The van der Waals surface area contributed by atoms with Crippen LogP contribution in [0.4, 0.5) is 11.4 Å². The lowest BCUT2D eigenvalue weighted by atomic mass is 10.2. The molecule has 0 aliphatic rings. The Morgan fingerprint density at radius 3 is 2.23 bits per heavy atom. The van der Waals surface area contributed by atoms with Gasteiger partial charge < -0.3 is 14.8 Å². The first-order valence-corrected chi connectivity index (χ1v) is 9.68. The number of hydrogen-bond acceptors (Lipinski definition) is 5. The summed E-state index contributed by atoms with van der Waals surface area (Å²) in [5, 5.41) is 11.7. The van der Waals surface area contributed by atoms with Crippen LogP contribution in [0.25, 0.3) is 0 Å². The molecule has 0 saturated carbocycles. The van der Waals surface area contributed by atoms with Gasteiger partial charge in [0.2, 0.25) is 10.0 Å². The van der Waals surface area contributed by atoms with Crippen LogP contribution in [0.3, 0.4) is 0 Å². The number of sulfonamides is 1. The van der Waals surface area contributed by atoms with Crippen molar-refractivity contribution in [1.82, 2.24) is 0 Å². The van der Waals surface area contributed by atoms with Gasteiger partial charge in [-0.1, -0.05) is 13.8 Å². The molecule has 0 aliphatic carbocycles. The molecule has 1 amide bonds. The summed E-state index contributed by atoms with van der Waals surface area (Å²) < 4.78 is 31.2. The first-order valence-electron chi connectivity index (χ1n) is 8.03. The molecule has 0 atom stereocenters. The van der Waals surface area contributed by atoms with Crippen molar-refractivity contribution in [2.24, 2.45) is 0 Å². The van der Waals surface area contributed by atoms with E-state index in [-0.39, 0.29) is 22.8 Å². The second-order valence-electron chi connectivity index (χ2n) is 5.56. The largest absolute Gasteiger partial charge is 0.478 e. The second-order valence-corrected chi connectivity index (χ2v) is 7.40. The zero-order chi connectivity index (χ0) is 19.3. The van der Waals surface area contributed by atoms with Gasteiger partial charge in [-0.05, 0) is 30.7 Å². The van der Waals surface area contributed by atoms with Crippen LogP contribution in [0.2, 0.25) is 0 Å². The summed E-state index contributed by atoms with van der Waals surface area (Å²) in [5.41, 5.74) is 0.758. The predicted octanol–water partition coefficient (Wildman–Crippen LogP) is 2.94. The van der Waals surface area contributed by atoms with E-state index < -0.39 is 21.9 Å². The SMILES string of the molecule is CCCS(=O)(=O)Nc1ccc(NC(=O)c2cc(C(=O)O)c(CC)o2)cc1. The van der Waals surface area contributed by atoms with E-state index in [2.05, 4.69) is 10.0 Å². The Hall–Kier alpha value is -2.81. The number of carboxylic acid groups (broad SMARTS) is 1. The molecule has 0 radical (unpaired) electrons. The third-order valence-electron chi connectivity index (χ3n) is 3.47. The molecular weight excluding hydrogens is 360 g/mol. The Morgan fingerprint density at radius 2 is 1.73 bits per heavy atom. The first kappa shape index (κ1) is 19.5. The highest BCUT2D eigenvalue weighted by molar-refractivity contribution is 7.92. The van der Waals surface area contributed by atoms with Crippen molar-refractivity contribution in [3.05, 3.63) is 47.4 Å². The maximum absolute atomic E-state index is 12.2. The second kappa shape index (κ2) is 8.05. The lowest BCUT2D eigenvalue weighted by Gasteiger charge is -2.08. The van der Waals surface area contributed by atoms with Crippen molar-refractivity contribution in [1.29, 1.82) is 0 Å². The molecule has 0 fully saturated rings. The quantitative estimate of drug-likeness (QED) is 0.646. The summed E-state index contributed by atoms with van der Waals surface area (Å²) in [7, 11) is -3.38. The zero-order valence-corrected chi connectivity index (χ0v) is 15.2. The van der Waals surface area contributed by atoms with Gasteiger partial charge in [0, 0.05) is 23.9 Å². The van der Waals surface area contributed by atoms with E-state index in [0.717, 1.165) is 0 Å². The monoisotopic (exact) mass is 380 g/mol. The summed E-state index contributed by atoms with van der Waals surface area (Å²) >= 11 is 0. The van der Waals surface area contributed by atoms with Crippen molar-refractivity contribution in [2.75, 3.05) is 15.8 Å². The fraction of sp³-hybridized carbons (Fsp3) is 0.294. The van der Waals surface area contributed by atoms with Crippen LogP contribution in [0.5, 0.6) is 0 Å². The topological polar surface area (TPSA) is 126 Å². The fourth-order valence-electron chi connectivity index (χ4n) is 2.30. The first-order chi connectivity index (χ1) is 12.3. The van der Waals surface area contributed by atoms with Gasteiger partial charge in [-0.25, -0.2) is 13.2 Å². The number of amides is 1. The minimum absolute atomic E-state index is 0.0235. The number of aryl methyl sites for hydroxylation is 1. The third kappa shape index (κ3) is 4.85. The Labute approximate surface area is 151 Å². The minimum atomic E-state index is -3.38. The van der Waals surface area contributed by atoms with E-state index in [1.165, 1.54) is 30.3 Å². The van der Waals surface area contributed by atoms with E-state index in [0.29, 0.717) is 24.2 Å². The van der Waals surface area contributed by atoms with Crippen LogP contribution in [-0.2, 0) is 16.4 Å². The number of benzene rings is 1. The van der Waals surface area contributed by atoms with Crippen molar-refractivity contribution in [3.8, 4) is 0 Å². The van der Waals surface area contributed by atoms with E-state index in [9.17, 15) is 18.0 Å². The van der Waals surface area contributed by atoms with Crippen molar-refractivity contribution in [2.45, 2.75) is 26.7 Å². The van der Waals surface area contributed by atoms with Gasteiger partial charge in [0.15, 0.2) is 5.76 Å². The van der Waals surface area contributed by atoms with E-state index in [1.54, 1.807) is 13.8 Å². The Bertz CT molecular complexity index is 900. The molecular formula is C17H20N2O6S. The normalized spacial score (nSPS) is 11.2. The Morgan fingerprint density at radius 1 is 1.12 bits per heavy atom. The highest BCUT2D eigenvalue weighted by Crippen LogP contribution is 2.19. The van der Waals surface area contributed by atoms with E-state index in [1.807, 2.05) is 0 Å². The number of rotatable bonds is 8. The Kier molecular flexibility index (Phi) is 6.04. The molecule has 0 saturated heterocycles. The van der Waals surface area contributed by atoms with Gasteiger partial charge >= 0.3 is 5.97 Å². The molecule has 0 unspecified atom stereocenters. The number of anilines is 2. The maximum atomic E-state index is 12.2. The van der Waals surface area contributed by atoms with Crippen molar-refractivity contribution in [3.63, 3.8) is 0 Å². The summed E-state index contributed by atoms with van der Waals surface area (Å²) in [4.78, 5) is 23.3. The number of aromatic carboxylic acids is 1. The fourth-order valence-corrected chi connectivity index (χ4v) is 3.43. The molecule has 1 aromatic heterocycles. The third-order valence-corrected chi connectivity index (χ3v) is 4.97. The molecule has 3 N–H and O–H groups in total. The molecule has 0 spiro atoms. The van der Waals surface area contributed by atoms with E-state index >= 15 is 0 Å². The molecule has 0 aliphatic heterocycles. The van der Waals surface area contributed by atoms with Crippen LogP contribution in [0, 0.1) is 0 Å². The lowest BCUT2D eigenvalue weighted by Crippen LogP contribution is -2.16. The van der Waals surface area contributed by atoms with Crippen LogP contribution in [0.1, 0.15) is 46.9 Å². The van der Waals surface area contributed by atoms with Gasteiger partial charge in [0.1, 0.15) is 11.3 Å². The lowest BCUT2D eigenvalue weighted by molar-refractivity contribution is 0.0694.